The van der Waals surface area contributed by atoms with Crippen molar-refractivity contribution >= 4 is 38.9 Å². The predicted molar refractivity (Wildman–Crippen MR) is 148 cm³/mol. The van der Waals surface area contributed by atoms with Gasteiger partial charge in [0.25, 0.3) is 0 Å². The van der Waals surface area contributed by atoms with Crippen LogP contribution in [0.4, 0.5) is 28.8 Å². The van der Waals surface area contributed by atoms with Gasteiger partial charge in [-0.15, -0.1) is 0 Å². The van der Waals surface area contributed by atoms with E-state index >= 15 is 0 Å². The number of nitrogens with zero attached hydrogens (tertiary/aromatic N) is 4. The van der Waals surface area contributed by atoms with Gasteiger partial charge in [0.1, 0.15) is 5.82 Å². The van der Waals surface area contributed by atoms with E-state index in [1.54, 1.807) is 44.3 Å². The molecule has 0 amide bonds. The number of hydrogen-bond donors (Lipinski definition) is 3. The van der Waals surface area contributed by atoms with Gasteiger partial charge in [0.15, 0.2) is 0 Å². The molecule has 3 N–H and O–H groups in total. The van der Waals surface area contributed by atoms with Gasteiger partial charge in [-0.05, 0) is 76.8 Å². The standard InChI is InChI=1S/C26H37N7O2S/c1-7-32(5)15-16-33(6)23-13-11-21(12-14-23)29-26-27-18-20(4)25(30-26)28-22-9-8-10-24(17-22)36(34,35)31-19(2)3/h8-14,17-19,31H,7,15-16H2,1-6H3,(H2,27,28,29,30). The van der Waals surface area contributed by atoms with E-state index in [9.17, 15) is 8.42 Å². The van der Waals surface area contributed by atoms with E-state index in [-0.39, 0.29) is 10.9 Å². The summed E-state index contributed by atoms with van der Waals surface area (Å²) in [6.45, 7) is 10.6. The molecule has 0 aliphatic carbocycles. The first-order valence-electron chi connectivity index (χ1n) is 12.1. The highest BCUT2D eigenvalue weighted by Crippen LogP contribution is 2.24. The molecule has 0 atom stereocenters. The van der Waals surface area contributed by atoms with Gasteiger partial charge < -0.3 is 20.4 Å². The lowest BCUT2D eigenvalue weighted by Crippen LogP contribution is -2.30. The Kier molecular flexibility index (Phi) is 9.25. The summed E-state index contributed by atoms with van der Waals surface area (Å²) < 4.78 is 27.7. The SMILES string of the molecule is CCN(C)CCN(C)c1ccc(Nc2ncc(C)c(Nc3cccc(S(=O)(=O)NC(C)C)c3)n2)cc1. The first-order valence-corrected chi connectivity index (χ1v) is 13.6. The second-order valence-electron chi connectivity index (χ2n) is 9.14. The quantitative estimate of drug-likeness (QED) is 0.330. The zero-order valence-electron chi connectivity index (χ0n) is 21.9. The van der Waals surface area contributed by atoms with Gasteiger partial charge in [-0.2, -0.15) is 4.98 Å². The van der Waals surface area contributed by atoms with E-state index in [4.69, 9.17) is 0 Å². The van der Waals surface area contributed by atoms with Crippen LogP contribution in [0, 0.1) is 6.92 Å². The van der Waals surface area contributed by atoms with Crippen LogP contribution in [0.5, 0.6) is 0 Å². The maximum atomic E-state index is 12.5. The summed E-state index contributed by atoms with van der Waals surface area (Å²) in [5.41, 5.74) is 3.47. The van der Waals surface area contributed by atoms with Gasteiger partial charge in [-0.25, -0.2) is 18.1 Å². The maximum Gasteiger partial charge on any atom is 0.240 e. The summed E-state index contributed by atoms with van der Waals surface area (Å²) in [6.07, 6.45) is 1.73. The number of aromatic nitrogens is 2. The number of aryl methyl sites for hydroxylation is 1. The van der Waals surface area contributed by atoms with Crippen molar-refractivity contribution in [2.24, 2.45) is 0 Å². The van der Waals surface area contributed by atoms with Crippen LogP contribution in [-0.2, 0) is 10.0 Å². The normalized spacial score (nSPS) is 11.7. The largest absolute Gasteiger partial charge is 0.373 e. The Balaban J connectivity index is 1.70. The lowest BCUT2D eigenvalue weighted by molar-refractivity contribution is 0.360. The summed E-state index contributed by atoms with van der Waals surface area (Å²) in [7, 11) is 0.615. The van der Waals surface area contributed by atoms with Crippen LogP contribution in [0.3, 0.4) is 0 Å². The average molecular weight is 512 g/mol. The molecule has 0 spiro atoms. The first kappa shape index (κ1) is 27.4. The number of rotatable bonds is 12. The first-order chi connectivity index (χ1) is 17.1. The Morgan fingerprint density at radius 2 is 1.69 bits per heavy atom. The number of likely N-dealkylation sites (N-methyl/N-ethyl adjacent to an activating group) is 2. The van der Waals surface area contributed by atoms with Gasteiger partial charge in [0.2, 0.25) is 16.0 Å². The van der Waals surface area contributed by atoms with Crippen molar-refractivity contribution in [2.45, 2.75) is 38.6 Å². The number of sulfonamides is 1. The molecule has 0 fully saturated rings. The van der Waals surface area contributed by atoms with Crippen LogP contribution in [0.2, 0.25) is 0 Å². The maximum absolute atomic E-state index is 12.5. The minimum absolute atomic E-state index is 0.192. The van der Waals surface area contributed by atoms with Crippen LogP contribution in [0.15, 0.2) is 59.6 Å². The topological polar surface area (TPSA) is 102 Å². The van der Waals surface area contributed by atoms with Crippen molar-refractivity contribution in [3.63, 3.8) is 0 Å². The molecule has 0 aliphatic heterocycles. The van der Waals surface area contributed by atoms with Crippen molar-refractivity contribution < 1.29 is 8.42 Å². The molecule has 0 aliphatic rings. The minimum atomic E-state index is -3.59. The molecule has 1 heterocycles. The van der Waals surface area contributed by atoms with Crippen LogP contribution < -0.4 is 20.3 Å². The van der Waals surface area contributed by atoms with Gasteiger partial charge in [0, 0.05) is 55.0 Å². The fourth-order valence-corrected chi connectivity index (χ4v) is 4.72. The van der Waals surface area contributed by atoms with E-state index in [0.29, 0.717) is 17.5 Å². The predicted octanol–water partition coefficient (Wildman–Crippen LogP) is 4.35. The molecular formula is C26H37N7O2S. The average Bonchev–Trinajstić information content (AvgIpc) is 2.84. The van der Waals surface area contributed by atoms with Crippen molar-refractivity contribution in [1.82, 2.24) is 19.6 Å². The Morgan fingerprint density at radius 3 is 2.36 bits per heavy atom. The fraction of sp³-hybridized carbons (Fsp3) is 0.385. The van der Waals surface area contributed by atoms with Crippen LogP contribution in [0.25, 0.3) is 0 Å². The molecule has 0 radical (unpaired) electrons. The van der Waals surface area contributed by atoms with Gasteiger partial charge in [-0.3, -0.25) is 0 Å². The molecule has 0 bridgehead atoms. The molecule has 0 saturated heterocycles. The highest BCUT2D eigenvalue weighted by atomic mass is 32.2. The Morgan fingerprint density at radius 1 is 0.972 bits per heavy atom. The zero-order chi connectivity index (χ0) is 26.3. The highest BCUT2D eigenvalue weighted by molar-refractivity contribution is 7.89. The minimum Gasteiger partial charge on any atom is -0.373 e. The zero-order valence-corrected chi connectivity index (χ0v) is 22.7. The summed E-state index contributed by atoms with van der Waals surface area (Å²) in [6, 6.07) is 14.6. The third-order valence-electron chi connectivity index (χ3n) is 5.69. The molecule has 194 valence electrons. The molecule has 3 aromatic rings. The monoisotopic (exact) mass is 511 g/mol. The number of benzene rings is 2. The molecule has 36 heavy (non-hydrogen) atoms. The van der Waals surface area contributed by atoms with Crippen LogP contribution in [-0.4, -0.2) is 63.1 Å². The van der Waals surface area contributed by atoms with Crippen LogP contribution >= 0.6 is 0 Å². The summed E-state index contributed by atoms with van der Waals surface area (Å²) in [5.74, 6) is 1.04. The van der Waals surface area contributed by atoms with E-state index in [0.717, 1.165) is 36.6 Å². The van der Waals surface area contributed by atoms with Crippen molar-refractivity contribution in [2.75, 3.05) is 49.3 Å². The lowest BCUT2D eigenvalue weighted by atomic mass is 10.2. The van der Waals surface area contributed by atoms with Crippen LogP contribution in [0.1, 0.15) is 26.3 Å². The van der Waals surface area contributed by atoms with E-state index in [1.165, 1.54) is 0 Å². The molecular weight excluding hydrogens is 474 g/mol. The van der Waals surface area contributed by atoms with Gasteiger partial charge in [-0.1, -0.05) is 13.0 Å². The molecule has 0 saturated carbocycles. The lowest BCUT2D eigenvalue weighted by Gasteiger charge is -2.23. The molecule has 0 unspecified atom stereocenters. The van der Waals surface area contributed by atoms with Crippen molar-refractivity contribution in [1.29, 1.82) is 0 Å². The number of anilines is 5. The van der Waals surface area contributed by atoms with Crippen molar-refractivity contribution in [3.8, 4) is 0 Å². The Hall–Kier alpha value is -3.21. The second-order valence-corrected chi connectivity index (χ2v) is 10.9. The van der Waals surface area contributed by atoms with Crippen molar-refractivity contribution in [3.05, 3.63) is 60.3 Å². The molecule has 10 heteroatoms. The van der Waals surface area contributed by atoms with E-state index < -0.39 is 10.0 Å². The molecule has 1 aromatic heterocycles. The third-order valence-corrected chi connectivity index (χ3v) is 7.35. The van der Waals surface area contributed by atoms with E-state index in [1.807, 2.05) is 19.1 Å². The summed E-state index contributed by atoms with van der Waals surface area (Å²) >= 11 is 0. The Labute approximate surface area is 215 Å². The Bertz CT molecular complexity index is 1250. The summed E-state index contributed by atoms with van der Waals surface area (Å²) in [5, 5.41) is 6.47. The number of nitrogens with one attached hydrogen (secondary N) is 3. The molecule has 3 rings (SSSR count). The molecule has 9 nitrogen and oxygen atoms in total. The fourth-order valence-electron chi connectivity index (χ4n) is 3.42. The van der Waals surface area contributed by atoms with Gasteiger partial charge >= 0.3 is 0 Å². The van der Waals surface area contributed by atoms with E-state index in [2.05, 4.69) is 68.3 Å². The summed E-state index contributed by atoms with van der Waals surface area (Å²) in [4.78, 5) is 13.7. The highest BCUT2D eigenvalue weighted by Gasteiger charge is 2.16. The molecule has 2 aromatic carbocycles. The smallest absolute Gasteiger partial charge is 0.240 e. The number of hydrogen-bond acceptors (Lipinski definition) is 8. The third kappa shape index (κ3) is 7.64. The second kappa shape index (κ2) is 12.2. The van der Waals surface area contributed by atoms with Gasteiger partial charge in [0.05, 0.1) is 4.90 Å².